The van der Waals surface area contributed by atoms with Crippen molar-refractivity contribution in [2.24, 2.45) is 0 Å². The summed E-state index contributed by atoms with van der Waals surface area (Å²) < 4.78 is 40.9. The van der Waals surface area contributed by atoms with Crippen molar-refractivity contribution in [2.45, 2.75) is 12.6 Å². The second kappa shape index (κ2) is 7.39. The van der Waals surface area contributed by atoms with E-state index in [4.69, 9.17) is 5.26 Å². The van der Waals surface area contributed by atoms with E-state index >= 15 is 0 Å². The Labute approximate surface area is 172 Å². The van der Waals surface area contributed by atoms with E-state index in [1.165, 1.54) is 12.1 Å². The molecule has 1 aliphatic heterocycles. The van der Waals surface area contributed by atoms with Crippen molar-refractivity contribution < 1.29 is 22.8 Å². The van der Waals surface area contributed by atoms with Crippen molar-refractivity contribution in [3.05, 3.63) is 75.8 Å². The fourth-order valence-electron chi connectivity index (χ4n) is 3.32. The van der Waals surface area contributed by atoms with E-state index in [-0.39, 0.29) is 22.5 Å². The van der Waals surface area contributed by atoms with Crippen LogP contribution in [-0.2, 0) is 17.4 Å². The highest BCUT2D eigenvalue weighted by molar-refractivity contribution is 8.18. The van der Waals surface area contributed by atoms with Gasteiger partial charge in [-0.2, -0.15) is 18.4 Å². The first-order valence-electron chi connectivity index (χ1n) is 8.70. The Hall–Kier alpha value is -3.51. The lowest BCUT2D eigenvalue weighted by atomic mass is 9.92. The monoisotopic (exact) mass is 427 g/mol. The van der Waals surface area contributed by atoms with Gasteiger partial charge in [0.15, 0.2) is 0 Å². The number of nitrogens with zero attached hydrogens (tertiary/aromatic N) is 1. The number of H-pyrrole nitrogens is 1. The standard InChI is InChI=1S/C21H12F3N3O2S/c22-21(23,24)16-7-11(10-25)1-2-13(16)9-15(18-19(28)27-20(29)30-18)12-3-4-17-14(8-12)5-6-26-17/h1-8,26H,9H2,(H,27,28,29)/b18-15-. The highest BCUT2D eigenvalue weighted by Crippen LogP contribution is 2.39. The van der Waals surface area contributed by atoms with Gasteiger partial charge in [0.2, 0.25) is 0 Å². The Morgan fingerprint density at radius 2 is 1.90 bits per heavy atom. The summed E-state index contributed by atoms with van der Waals surface area (Å²) in [4.78, 5) is 27.1. The lowest BCUT2D eigenvalue weighted by Crippen LogP contribution is -2.18. The molecule has 30 heavy (non-hydrogen) atoms. The van der Waals surface area contributed by atoms with Gasteiger partial charge in [-0.05, 0) is 70.6 Å². The Bertz CT molecular complexity index is 1270. The summed E-state index contributed by atoms with van der Waals surface area (Å²) in [6.07, 6.45) is -3.19. The molecule has 1 aromatic heterocycles. The third kappa shape index (κ3) is 3.69. The molecule has 0 radical (unpaired) electrons. The van der Waals surface area contributed by atoms with E-state index in [0.717, 1.165) is 17.0 Å². The molecule has 0 unspecified atom stereocenters. The molecule has 0 saturated carbocycles. The van der Waals surface area contributed by atoms with Crippen molar-refractivity contribution in [1.82, 2.24) is 10.3 Å². The zero-order chi connectivity index (χ0) is 21.5. The first-order chi connectivity index (χ1) is 14.3. The van der Waals surface area contributed by atoms with Crippen LogP contribution in [0.3, 0.4) is 0 Å². The number of nitrogens with one attached hydrogen (secondary N) is 2. The molecule has 2 aromatic carbocycles. The highest BCUT2D eigenvalue weighted by Gasteiger charge is 2.35. The van der Waals surface area contributed by atoms with Crippen LogP contribution in [0.25, 0.3) is 16.5 Å². The largest absolute Gasteiger partial charge is 0.416 e. The molecule has 1 fully saturated rings. The molecule has 4 rings (SSSR count). The van der Waals surface area contributed by atoms with Gasteiger partial charge in [-0.3, -0.25) is 14.9 Å². The van der Waals surface area contributed by atoms with Crippen molar-refractivity contribution >= 4 is 39.4 Å². The van der Waals surface area contributed by atoms with Gasteiger partial charge in [0.05, 0.1) is 22.1 Å². The van der Waals surface area contributed by atoms with Gasteiger partial charge in [-0.1, -0.05) is 12.1 Å². The minimum atomic E-state index is -4.68. The van der Waals surface area contributed by atoms with E-state index < -0.39 is 22.9 Å². The second-order valence-corrected chi connectivity index (χ2v) is 7.57. The van der Waals surface area contributed by atoms with Crippen molar-refractivity contribution in [2.75, 3.05) is 0 Å². The van der Waals surface area contributed by atoms with Crippen molar-refractivity contribution in [3.8, 4) is 6.07 Å². The Morgan fingerprint density at radius 3 is 2.57 bits per heavy atom. The molecule has 5 nitrogen and oxygen atoms in total. The summed E-state index contributed by atoms with van der Waals surface area (Å²) >= 11 is 0.663. The van der Waals surface area contributed by atoms with E-state index in [1.54, 1.807) is 36.5 Å². The number of aromatic amines is 1. The van der Waals surface area contributed by atoms with Crippen LogP contribution in [0, 0.1) is 11.3 Å². The molecule has 9 heteroatoms. The van der Waals surface area contributed by atoms with Crippen LogP contribution in [0.5, 0.6) is 0 Å². The Morgan fingerprint density at radius 1 is 1.10 bits per heavy atom. The predicted molar refractivity (Wildman–Crippen MR) is 106 cm³/mol. The third-order valence-corrected chi connectivity index (χ3v) is 5.63. The number of carbonyl (C=O) groups excluding carboxylic acids is 2. The summed E-state index contributed by atoms with van der Waals surface area (Å²) in [5, 5.41) is 11.4. The van der Waals surface area contributed by atoms with Crippen LogP contribution < -0.4 is 5.32 Å². The molecule has 150 valence electrons. The SMILES string of the molecule is N#Cc1ccc(C/C(=C2/SC(=O)NC2=O)c2ccc3[nH]ccc3c2)c(C(F)(F)F)c1. The fraction of sp³-hybridized carbons (Fsp3) is 0.0952. The highest BCUT2D eigenvalue weighted by atomic mass is 32.2. The van der Waals surface area contributed by atoms with E-state index in [9.17, 15) is 22.8 Å². The predicted octanol–water partition coefficient (Wildman–Crippen LogP) is 5.00. The second-order valence-electron chi connectivity index (χ2n) is 6.59. The fourth-order valence-corrected chi connectivity index (χ4v) is 4.11. The number of thioether (sulfide) groups is 1. The average Bonchev–Trinajstić information content (AvgIpc) is 3.30. The van der Waals surface area contributed by atoms with Crippen LogP contribution in [-0.4, -0.2) is 16.1 Å². The van der Waals surface area contributed by atoms with Crippen LogP contribution in [0.1, 0.15) is 22.3 Å². The number of imide groups is 1. The molecule has 3 aromatic rings. The summed E-state index contributed by atoms with van der Waals surface area (Å²) in [5.41, 5.74) is 0.519. The molecular weight excluding hydrogens is 415 g/mol. The normalized spacial score (nSPS) is 15.9. The molecule has 0 bridgehead atoms. The number of halogens is 3. The molecule has 1 saturated heterocycles. The number of hydrogen-bond donors (Lipinski definition) is 2. The minimum absolute atomic E-state index is 0.0624. The lowest BCUT2D eigenvalue weighted by molar-refractivity contribution is -0.138. The number of hydrogen-bond acceptors (Lipinski definition) is 4. The van der Waals surface area contributed by atoms with Crippen LogP contribution in [0.2, 0.25) is 0 Å². The number of fused-ring (bicyclic) bond motifs is 1. The summed E-state index contributed by atoms with van der Waals surface area (Å²) in [6, 6.07) is 12.0. The molecular formula is C21H12F3N3O2S. The number of carbonyl (C=O) groups is 2. The number of aromatic nitrogens is 1. The molecule has 2 heterocycles. The molecule has 2 N–H and O–H groups in total. The lowest BCUT2D eigenvalue weighted by Gasteiger charge is -2.16. The van der Waals surface area contributed by atoms with Gasteiger partial charge < -0.3 is 4.98 Å². The average molecular weight is 427 g/mol. The summed E-state index contributed by atoms with van der Waals surface area (Å²) in [5.74, 6) is -0.642. The van der Waals surface area contributed by atoms with Crippen LogP contribution in [0.4, 0.5) is 18.0 Å². The molecule has 0 spiro atoms. The van der Waals surface area contributed by atoms with Crippen LogP contribution >= 0.6 is 11.8 Å². The summed E-state index contributed by atoms with van der Waals surface area (Å²) in [7, 11) is 0. The van der Waals surface area contributed by atoms with E-state index in [0.29, 0.717) is 22.9 Å². The van der Waals surface area contributed by atoms with E-state index in [2.05, 4.69) is 10.3 Å². The van der Waals surface area contributed by atoms with Gasteiger partial charge >= 0.3 is 6.18 Å². The van der Waals surface area contributed by atoms with Gasteiger partial charge in [0, 0.05) is 11.7 Å². The number of benzene rings is 2. The maximum atomic E-state index is 13.6. The molecule has 2 amide bonds. The van der Waals surface area contributed by atoms with Gasteiger partial charge in [-0.25, -0.2) is 0 Å². The molecule has 0 atom stereocenters. The van der Waals surface area contributed by atoms with Crippen LogP contribution in [0.15, 0.2) is 53.6 Å². The Kier molecular flexibility index (Phi) is 4.87. The number of alkyl halides is 3. The smallest absolute Gasteiger partial charge is 0.361 e. The Balaban J connectivity index is 1.89. The maximum absolute atomic E-state index is 13.6. The molecule has 1 aliphatic rings. The first kappa shape index (κ1) is 19.8. The van der Waals surface area contributed by atoms with Gasteiger partial charge in [-0.15, -0.1) is 0 Å². The topological polar surface area (TPSA) is 85.8 Å². The van der Waals surface area contributed by atoms with Crippen molar-refractivity contribution in [1.29, 1.82) is 5.26 Å². The zero-order valence-corrected chi connectivity index (χ0v) is 15.9. The third-order valence-electron chi connectivity index (χ3n) is 4.70. The quantitative estimate of drug-likeness (QED) is 0.577. The minimum Gasteiger partial charge on any atom is -0.361 e. The number of allylic oxidation sites excluding steroid dienone is 1. The van der Waals surface area contributed by atoms with Gasteiger partial charge in [0.25, 0.3) is 11.1 Å². The number of nitriles is 1. The number of amides is 2. The van der Waals surface area contributed by atoms with E-state index in [1.807, 2.05) is 0 Å². The first-order valence-corrected chi connectivity index (χ1v) is 9.52. The van der Waals surface area contributed by atoms with Gasteiger partial charge in [0.1, 0.15) is 0 Å². The zero-order valence-electron chi connectivity index (χ0n) is 15.1. The maximum Gasteiger partial charge on any atom is 0.416 e. The summed E-state index contributed by atoms with van der Waals surface area (Å²) in [6.45, 7) is 0. The molecule has 0 aliphatic carbocycles. The van der Waals surface area contributed by atoms with Crippen molar-refractivity contribution in [3.63, 3.8) is 0 Å². The number of rotatable bonds is 3.